The number of alkyl halides is 1. The lowest BCUT2D eigenvalue weighted by molar-refractivity contribution is 0.0122. The largest absolute Gasteiger partial charge is 0.467 e. The van der Waals surface area contributed by atoms with Crippen molar-refractivity contribution >= 4 is 45.2 Å². The Balaban J connectivity index is 0.000000374. The van der Waals surface area contributed by atoms with Crippen molar-refractivity contribution in [3.05, 3.63) is 58.8 Å². The average Bonchev–Trinajstić information content (AvgIpc) is 3.49. The third-order valence-corrected chi connectivity index (χ3v) is 13.0. The number of halogens is 3. The molecule has 1 amide bonds. The second-order valence-electron chi connectivity index (χ2n) is 17.3. The number of anilines is 1. The second kappa shape index (κ2) is 13.0. The first-order valence-corrected chi connectivity index (χ1v) is 20.2. The van der Waals surface area contributed by atoms with Gasteiger partial charge in [-0.05, 0) is 107 Å². The highest BCUT2D eigenvalue weighted by atomic mass is 35.5. The van der Waals surface area contributed by atoms with Gasteiger partial charge >= 0.3 is 12.1 Å². The minimum absolute atomic E-state index is 0.00562. The third-order valence-electron chi connectivity index (χ3n) is 12.7. The molecule has 1 N–H and O–H groups in total. The van der Waals surface area contributed by atoms with E-state index in [0.29, 0.717) is 37.1 Å². The summed E-state index contributed by atoms with van der Waals surface area (Å²) < 4.78 is 39.1. The van der Waals surface area contributed by atoms with Gasteiger partial charge in [-0.2, -0.15) is 15.1 Å². The number of aromatic nitrogens is 5. The molecular weight excluding hydrogens is 738 g/mol. The van der Waals surface area contributed by atoms with Gasteiger partial charge in [0.05, 0.1) is 47.3 Å². The molecule has 4 unspecified atom stereocenters. The number of methoxy groups -OCH3 is 1. The summed E-state index contributed by atoms with van der Waals surface area (Å²) in [6.07, 6.45) is 9.67. The van der Waals surface area contributed by atoms with Crippen molar-refractivity contribution in [2.45, 2.75) is 101 Å². The highest BCUT2D eigenvalue weighted by Crippen LogP contribution is 2.66. The first kappa shape index (κ1) is 35.8. The number of nitrogens with zero attached hydrogens (tertiary/aromatic N) is 7. The van der Waals surface area contributed by atoms with Crippen LogP contribution in [0.3, 0.4) is 0 Å². The van der Waals surface area contributed by atoms with E-state index >= 15 is 4.39 Å². The topological polar surface area (TPSA) is 113 Å². The number of benzene rings is 2. The van der Waals surface area contributed by atoms with Crippen LogP contribution >= 0.6 is 11.6 Å². The number of fused-ring (bicyclic) bond motifs is 10. The molecule has 5 fully saturated rings. The van der Waals surface area contributed by atoms with E-state index in [2.05, 4.69) is 20.0 Å². The number of ether oxygens (including phenoxy) is 2. The van der Waals surface area contributed by atoms with Crippen molar-refractivity contribution in [2.24, 2.45) is 0 Å². The van der Waals surface area contributed by atoms with E-state index in [9.17, 15) is 9.18 Å². The summed E-state index contributed by atoms with van der Waals surface area (Å²) >= 11 is 6.73. The Bertz CT molecular complexity index is 2390. The molecule has 2 aromatic carbocycles. The SMILES string of the molecule is COc1nc(N2CC3CCC(C2)N3C(=O)OC(C)(C)C)c2c(n1)C1(CC1)c1c-2ccnc1-c1c2cn[nH]c2cc2ccc(F)c(Cl)c12.FC1CC2CCCN2C1. The summed E-state index contributed by atoms with van der Waals surface area (Å²) in [6, 6.07) is 8.04. The van der Waals surface area contributed by atoms with Crippen LogP contribution in [-0.2, 0) is 10.2 Å². The minimum Gasteiger partial charge on any atom is -0.467 e. The van der Waals surface area contributed by atoms with Crippen LogP contribution in [0.1, 0.15) is 77.0 Å². The monoisotopic (exact) mass is 782 g/mol. The van der Waals surface area contributed by atoms with Crippen molar-refractivity contribution in [2.75, 3.05) is 38.2 Å². The average molecular weight is 783 g/mol. The maximum Gasteiger partial charge on any atom is 0.410 e. The number of nitrogens with one attached hydrogen (secondary N) is 1. The van der Waals surface area contributed by atoms with Crippen LogP contribution in [0.15, 0.2) is 36.7 Å². The molecule has 7 heterocycles. The van der Waals surface area contributed by atoms with E-state index in [-0.39, 0.29) is 23.2 Å². The molecule has 2 aliphatic carbocycles. The molecule has 6 aliphatic rings. The van der Waals surface area contributed by atoms with E-state index in [1.54, 1.807) is 25.6 Å². The number of amides is 1. The second-order valence-corrected chi connectivity index (χ2v) is 17.6. The zero-order valence-corrected chi connectivity index (χ0v) is 32.8. The van der Waals surface area contributed by atoms with Gasteiger partial charge in [0.25, 0.3) is 0 Å². The van der Waals surface area contributed by atoms with E-state index in [4.69, 9.17) is 36.0 Å². The van der Waals surface area contributed by atoms with Crippen molar-refractivity contribution in [1.82, 2.24) is 34.9 Å². The fraction of sp³-hybridized carbons (Fsp3) is 0.500. The normalized spacial score (nSPS) is 24.3. The Morgan fingerprint density at radius 2 is 1.82 bits per heavy atom. The van der Waals surface area contributed by atoms with Crippen LogP contribution in [0, 0.1) is 5.82 Å². The Hall–Kier alpha value is -4.62. The Labute approximate surface area is 328 Å². The van der Waals surface area contributed by atoms with E-state index in [0.717, 1.165) is 94.4 Å². The number of carbonyl (C=O) groups is 1. The van der Waals surface area contributed by atoms with E-state index < -0.39 is 23.0 Å². The Morgan fingerprint density at radius 1 is 1.04 bits per heavy atom. The van der Waals surface area contributed by atoms with Crippen LogP contribution in [0.5, 0.6) is 6.01 Å². The summed E-state index contributed by atoms with van der Waals surface area (Å²) in [5.74, 6) is 0.309. The smallest absolute Gasteiger partial charge is 0.410 e. The van der Waals surface area contributed by atoms with Crippen molar-refractivity contribution in [1.29, 1.82) is 0 Å². The van der Waals surface area contributed by atoms with Gasteiger partial charge < -0.3 is 14.4 Å². The molecule has 3 aromatic heterocycles. The molecule has 56 heavy (non-hydrogen) atoms. The van der Waals surface area contributed by atoms with Gasteiger partial charge in [-0.15, -0.1) is 0 Å². The molecule has 2 bridgehead atoms. The van der Waals surface area contributed by atoms with Crippen LogP contribution < -0.4 is 9.64 Å². The van der Waals surface area contributed by atoms with Gasteiger partial charge in [0.2, 0.25) is 0 Å². The lowest BCUT2D eigenvalue weighted by atomic mass is 9.88. The summed E-state index contributed by atoms with van der Waals surface area (Å²) in [6.45, 7) is 8.79. The highest BCUT2D eigenvalue weighted by molar-refractivity contribution is 6.38. The maximum absolute atomic E-state index is 15.0. The number of H-pyrrole nitrogens is 1. The molecule has 4 saturated heterocycles. The zero-order valence-electron chi connectivity index (χ0n) is 32.0. The standard InChI is InChI=1S/C35H33ClFN7O3.C7H12FN/c1-34(2,3)47-33(45)44-18-6-7-19(44)16-43(15-18)31-26-20-9-12-38-29(27(20)35(10-11-35)30(26)40-32(41-31)46-4)25-21-14-39-42-23(21)13-17-5-8-22(37)28(36)24(17)25;8-6-4-7-2-1-3-9(7)5-6/h5,8-9,12-14,18-19H,6-7,10-11,15-16H2,1-4H3,(H,39,42);6-7H,1-5H2. The molecule has 1 saturated carbocycles. The quantitative estimate of drug-likeness (QED) is 0.194. The van der Waals surface area contributed by atoms with Crippen molar-refractivity contribution < 1.29 is 23.0 Å². The zero-order chi connectivity index (χ0) is 38.7. The number of pyridine rings is 1. The molecule has 4 atom stereocenters. The molecular formula is C42H45ClF2N8O3. The van der Waals surface area contributed by atoms with Gasteiger partial charge in [0, 0.05) is 59.2 Å². The Kier molecular flexibility index (Phi) is 8.27. The van der Waals surface area contributed by atoms with E-state index in [1.165, 1.54) is 18.9 Å². The first-order chi connectivity index (χ1) is 26.9. The summed E-state index contributed by atoms with van der Waals surface area (Å²) in [7, 11) is 1.59. The van der Waals surface area contributed by atoms with Crippen molar-refractivity contribution in [3.63, 3.8) is 0 Å². The molecule has 0 radical (unpaired) electrons. The summed E-state index contributed by atoms with van der Waals surface area (Å²) in [5, 5.41) is 9.69. The van der Waals surface area contributed by atoms with Crippen molar-refractivity contribution in [3.8, 4) is 28.4 Å². The van der Waals surface area contributed by atoms with Gasteiger partial charge in [0.1, 0.15) is 23.4 Å². The van der Waals surface area contributed by atoms with Gasteiger partial charge in [-0.1, -0.05) is 17.7 Å². The Morgan fingerprint density at radius 3 is 2.54 bits per heavy atom. The summed E-state index contributed by atoms with van der Waals surface area (Å²) in [5.41, 5.74) is 5.28. The number of hydrogen-bond donors (Lipinski definition) is 1. The van der Waals surface area contributed by atoms with Crippen LogP contribution in [0.25, 0.3) is 44.1 Å². The molecule has 5 aromatic rings. The third kappa shape index (κ3) is 5.62. The predicted molar refractivity (Wildman–Crippen MR) is 211 cm³/mol. The molecule has 1 spiro atoms. The van der Waals surface area contributed by atoms with E-state index in [1.807, 2.05) is 37.8 Å². The van der Waals surface area contributed by atoms with Crippen LogP contribution in [0.4, 0.5) is 19.4 Å². The fourth-order valence-electron chi connectivity index (χ4n) is 10.2. The highest BCUT2D eigenvalue weighted by Gasteiger charge is 2.57. The number of aromatic amines is 1. The number of rotatable bonds is 3. The molecule has 14 heteroatoms. The number of hydrogen-bond acceptors (Lipinski definition) is 9. The lowest BCUT2D eigenvalue weighted by Gasteiger charge is -2.42. The first-order valence-electron chi connectivity index (χ1n) is 19.8. The van der Waals surface area contributed by atoms with Gasteiger partial charge in [0.15, 0.2) is 0 Å². The summed E-state index contributed by atoms with van der Waals surface area (Å²) in [4.78, 5) is 34.7. The number of piperazine rings is 1. The van der Waals surface area contributed by atoms with Crippen LogP contribution in [-0.4, -0.2) is 104 Å². The number of carbonyl (C=O) groups excluding carboxylic acids is 1. The van der Waals surface area contributed by atoms with Gasteiger partial charge in [-0.25, -0.2) is 13.6 Å². The van der Waals surface area contributed by atoms with Gasteiger partial charge in [-0.3, -0.25) is 19.9 Å². The van der Waals surface area contributed by atoms with Crippen LogP contribution in [0.2, 0.25) is 5.02 Å². The molecule has 292 valence electrons. The maximum atomic E-state index is 15.0. The lowest BCUT2D eigenvalue weighted by Crippen LogP contribution is -2.57. The molecule has 4 aliphatic heterocycles. The minimum atomic E-state index is -0.565. The molecule has 11 rings (SSSR count). The molecule has 11 nitrogen and oxygen atoms in total. The predicted octanol–water partition coefficient (Wildman–Crippen LogP) is 8.21. The fourth-order valence-corrected chi connectivity index (χ4v) is 10.5.